The Balaban J connectivity index is 2.83. The van der Waals surface area contributed by atoms with Gasteiger partial charge < -0.3 is 15.4 Å². The number of hydrogen-bond donors (Lipinski definition) is 2. The van der Waals surface area contributed by atoms with Gasteiger partial charge in [0.25, 0.3) is 5.91 Å². The molecule has 0 aromatic heterocycles. The van der Waals surface area contributed by atoms with Gasteiger partial charge in [0.2, 0.25) is 0 Å². The molecule has 1 aromatic carbocycles. The molecule has 0 fully saturated rings. The molecule has 0 atom stereocenters. The number of anilines is 1. The molecule has 0 aliphatic rings. The van der Waals surface area contributed by atoms with Crippen molar-refractivity contribution in [3.05, 3.63) is 29.8 Å². The molecule has 0 saturated carbocycles. The van der Waals surface area contributed by atoms with Crippen LogP contribution in [0.25, 0.3) is 0 Å². The van der Waals surface area contributed by atoms with Gasteiger partial charge in [-0.25, -0.2) is 0 Å². The van der Waals surface area contributed by atoms with Gasteiger partial charge >= 0.3 is 5.97 Å². The Morgan fingerprint density at radius 2 is 1.84 bits per heavy atom. The fraction of sp³-hybridized carbons (Fsp3) is 0.429. The maximum atomic E-state index is 12.1. The van der Waals surface area contributed by atoms with Crippen LogP contribution in [0.4, 0.5) is 5.69 Å². The number of nitrogens with one attached hydrogen (secondary N) is 2. The topological polar surface area (TPSA) is 67.4 Å². The Morgan fingerprint density at radius 3 is 2.42 bits per heavy atom. The third kappa shape index (κ3) is 4.99. The minimum Gasteiger partial charge on any atom is -0.468 e. The largest absolute Gasteiger partial charge is 0.468 e. The van der Waals surface area contributed by atoms with E-state index in [1.54, 1.807) is 24.3 Å². The number of rotatable bonds is 4. The summed E-state index contributed by atoms with van der Waals surface area (Å²) in [4.78, 5) is 23.2. The van der Waals surface area contributed by atoms with Gasteiger partial charge in [-0.3, -0.25) is 9.59 Å². The summed E-state index contributed by atoms with van der Waals surface area (Å²) in [5.41, 5.74) is 0.794. The maximum absolute atomic E-state index is 12.1. The molecule has 0 spiro atoms. The standard InChI is InChI=1S/C14H20N2O3/c1-14(2,3)16-13(18)10-7-5-6-8-11(10)15-9-12(17)19-4/h5-8,15H,9H2,1-4H3,(H,16,18). The van der Waals surface area contributed by atoms with Gasteiger partial charge in [-0.15, -0.1) is 0 Å². The van der Waals surface area contributed by atoms with Crippen LogP contribution in [-0.4, -0.2) is 31.1 Å². The Kier molecular flexibility index (Phi) is 4.92. The van der Waals surface area contributed by atoms with Gasteiger partial charge in [-0.05, 0) is 32.9 Å². The molecule has 0 aliphatic carbocycles. The molecule has 19 heavy (non-hydrogen) atoms. The molecule has 1 amide bonds. The van der Waals surface area contributed by atoms with Crippen LogP contribution in [0.1, 0.15) is 31.1 Å². The summed E-state index contributed by atoms with van der Waals surface area (Å²) >= 11 is 0. The van der Waals surface area contributed by atoms with E-state index in [9.17, 15) is 9.59 Å². The van der Waals surface area contributed by atoms with Crippen molar-refractivity contribution in [3.63, 3.8) is 0 Å². The molecule has 104 valence electrons. The summed E-state index contributed by atoms with van der Waals surface area (Å²) in [7, 11) is 1.32. The minimum absolute atomic E-state index is 0.0241. The summed E-state index contributed by atoms with van der Waals surface area (Å²) in [6, 6.07) is 7.04. The zero-order chi connectivity index (χ0) is 14.5. The first-order chi connectivity index (χ1) is 8.83. The molecular weight excluding hydrogens is 244 g/mol. The zero-order valence-electron chi connectivity index (χ0n) is 11.7. The first-order valence-electron chi connectivity index (χ1n) is 6.06. The van der Waals surface area contributed by atoms with Gasteiger partial charge in [-0.2, -0.15) is 0 Å². The number of hydrogen-bond acceptors (Lipinski definition) is 4. The molecular formula is C14H20N2O3. The highest BCUT2D eigenvalue weighted by Crippen LogP contribution is 2.15. The van der Waals surface area contributed by atoms with E-state index < -0.39 is 0 Å². The number of carbonyl (C=O) groups is 2. The van der Waals surface area contributed by atoms with E-state index in [1.807, 2.05) is 20.8 Å². The van der Waals surface area contributed by atoms with Crippen molar-refractivity contribution in [1.29, 1.82) is 0 Å². The van der Waals surface area contributed by atoms with Crippen LogP contribution >= 0.6 is 0 Å². The van der Waals surface area contributed by atoms with Crippen LogP contribution in [0.5, 0.6) is 0 Å². The average Bonchev–Trinajstić information content (AvgIpc) is 2.34. The second-order valence-corrected chi connectivity index (χ2v) is 5.18. The van der Waals surface area contributed by atoms with Crippen molar-refractivity contribution in [2.24, 2.45) is 0 Å². The molecule has 2 N–H and O–H groups in total. The zero-order valence-corrected chi connectivity index (χ0v) is 11.7. The predicted molar refractivity (Wildman–Crippen MR) is 74.2 cm³/mol. The van der Waals surface area contributed by atoms with Gasteiger partial charge in [0.05, 0.1) is 12.7 Å². The molecule has 0 radical (unpaired) electrons. The van der Waals surface area contributed by atoms with E-state index in [-0.39, 0.29) is 24.0 Å². The van der Waals surface area contributed by atoms with Crippen molar-refractivity contribution < 1.29 is 14.3 Å². The molecule has 0 heterocycles. The van der Waals surface area contributed by atoms with Crippen molar-refractivity contribution >= 4 is 17.6 Å². The highest BCUT2D eigenvalue weighted by Gasteiger charge is 2.17. The third-order valence-corrected chi connectivity index (χ3v) is 2.31. The molecule has 0 bridgehead atoms. The number of methoxy groups -OCH3 is 1. The van der Waals surface area contributed by atoms with E-state index in [4.69, 9.17) is 0 Å². The van der Waals surface area contributed by atoms with E-state index >= 15 is 0 Å². The molecule has 0 unspecified atom stereocenters. The summed E-state index contributed by atoms with van der Waals surface area (Å²) in [6.45, 7) is 5.76. The van der Waals surface area contributed by atoms with Crippen molar-refractivity contribution in [2.45, 2.75) is 26.3 Å². The number of esters is 1. The average molecular weight is 264 g/mol. The fourth-order valence-corrected chi connectivity index (χ4v) is 1.48. The van der Waals surface area contributed by atoms with Crippen LogP contribution < -0.4 is 10.6 Å². The molecule has 1 aromatic rings. The summed E-state index contributed by atoms with van der Waals surface area (Å²) in [6.07, 6.45) is 0. The molecule has 0 aliphatic heterocycles. The minimum atomic E-state index is -0.383. The third-order valence-electron chi connectivity index (χ3n) is 2.31. The molecule has 5 nitrogen and oxygen atoms in total. The lowest BCUT2D eigenvalue weighted by Crippen LogP contribution is -2.40. The Morgan fingerprint density at radius 1 is 1.21 bits per heavy atom. The SMILES string of the molecule is COC(=O)CNc1ccccc1C(=O)NC(C)(C)C. The first-order valence-corrected chi connectivity index (χ1v) is 6.06. The monoisotopic (exact) mass is 264 g/mol. The highest BCUT2D eigenvalue weighted by molar-refractivity contribution is 6.00. The maximum Gasteiger partial charge on any atom is 0.325 e. The lowest BCUT2D eigenvalue weighted by molar-refractivity contribution is -0.138. The Hall–Kier alpha value is -2.04. The Labute approximate surface area is 113 Å². The van der Waals surface area contributed by atoms with Crippen molar-refractivity contribution in [1.82, 2.24) is 5.32 Å². The van der Waals surface area contributed by atoms with E-state index in [2.05, 4.69) is 15.4 Å². The molecule has 5 heteroatoms. The normalized spacial score (nSPS) is 10.7. The van der Waals surface area contributed by atoms with E-state index in [1.165, 1.54) is 7.11 Å². The highest BCUT2D eigenvalue weighted by atomic mass is 16.5. The van der Waals surface area contributed by atoms with Gasteiger partial charge in [0.15, 0.2) is 0 Å². The quantitative estimate of drug-likeness (QED) is 0.814. The second kappa shape index (κ2) is 6.22. The number of carbonyl (C=O) groups excluding carboxylic acids is 2. The Bertz CT molecular complexity index is 464. The van der Waals surface area contributed by atoms with E-state index in [0.29, 0.717) is 11.3 Å². The van der Waals surface area contributed by atoms with E-state index in [0.717, 1.165) is 0 Å². The van der Waals surface area contributed by atoms with Gasteiger partial charge in [-0.1, -0.05) is 12.1 Å². The predicted octanol–water partition coefficient (Wildman–Crippen LogP) is 1.80. The second-order valence-electron chi connectivity index (χ2n) is 5.18. The molecule has 1 rings (SSSR count). The first kappa shape index (κ1) is 15.0. The smallest absolute Gasteiger partial charge is 0.325 e. The summed E-state index contributed by atoms with van der Waals surface area (Å²) < 4.78 is 4.55. The van der Waals surface area contributed by atoms with Crippen molar-refractivity contribution in [3.8, 4) is 0 Å². The number of para-hydroxylation sites is 1. The summed E-state index contributed by atoms with van der Waals surface area (Å²) in [5.74, 6) is -0.563. The number of ether oxygens (including phenoxy) is 1. The van der Waals surface area contributed by atoms with Crippen LogP contribution in [0.15, 0.2) is 24.3 Å². The summed E-state index contributed by atoms with van der Waals surface area (Å²) in [5, 5.41) is 5.78. The fourth-order valence-electron chi connectivity index (χ4n) is 1.48. The lowest BCUT2D eigenvalue weighted by atomic mass is 10.1. The van der Waals surface area contributed by atoms with Gasteiger partial charge in [0.1, 0.15) is 6.54 Å². The van der Waals surface area contributed by atoms with Crippen LogP contribution in [-0.2, 0) is 9.53 Å². The van der Waals surface area contributed by atoms with Crippen molar-refractivity contribution in [2.75, 3.05) is 19.0 Å². The van der Waals surface area contributed by atoms with Crippen LogP contribution in [0, 0.1) is 0 Å². The molecule has 0 saturated heterocycles. The van der Waals surface area contributed by atoms with Gasteiger partial charge in [0, 0.05) is 11.2 Å². The number of amides is 1. The van der Waals surface area contributed by atoms with Crippen LogP contribution in [0.2, 0.25) is 0 Å². The lowest BCUT2D eigenvalue weighted by Gasteiger charge is -2.21. The van der Waals surface area contributed by atoms with Crippen LogP contribution in [0.3, 0.4) is 0 Å². The number of benzene rings is 1.